The lowest BCUT2D eigenvalue weighted by Crippen LogP contribution is -2.37. The third kappa shape index (κ3) is 5.18. The minimum atomic E-state index is -0.0829. The monoisotopic (exact) mass is 265 g/mol. The van der Waals surface area contributed by atoms with Gasteiger partial charge in [-0.3, -0.25) is 0 Å². The maximum Gasteiger partial charge on any atom is 0.321 e. The molecule has 1 aromatic rings. The Labute approximate surface area is 114 Å². The number of ether oxygens (including phenoxy) is 1. The van der Waals surface area contributed by atoms with Gasteiger partial charge in [0.25, 0.3) is 0 Å². The molecular formula is C14H23N3O2. The molecule has 0 unspecified atom stereocenters. The number of urea groups is 1. The maximum atomic E-state index is 12.1. The number of nitrogens with two attached hydrogens (primary N) is 1. The highest BCUT2D eigenvalue weighted by Crippen LogP contribution is 2.15. The van der Waals surface area contributed by atoms with Crippen LogP contribution in [0, 0.1) is 0 Å². The molecule has 1 rings (SSSR count). The summed E-state index contributed by atoms with van der Waals surface area (Å²) in [4.78, 5) is 13.9. The van der Waals surface area contributed by atoms with Gasteiger partial charge in [0.2, 0.25) is 0 Å². The number of hydrogen-bond acceptors (Lipinski definition) is 3. The summed E-state index contributed by atoms with van der Waals surface area (Å²) in [7, 11) is 1.61. The van der Waals surface area contributed by atoms with Crippen molar-refractivity contribution < 1.29 is 9.53 Å². The molecule has 0 aromatic heterocycles. The number of hydrogen-bond donors (Lipinski definition) is 2. The highest BCUT2D eigenvalue weighted by atomic mass is 16.5. The Balaban J connectivity index is 2.58. The first kappa shape index (κ1) is 15.3. The van der Waals surface area contributed by atoms with Crippen LogP contribution in [0.3, 0.4) is 0 Å². The van der Waals surface area contributed by atoms with Gasteiger partial charge in [0.1, 0.15) is 5.75 Å². The molecule has 0 aliphatic carbocycles. The van der Waals surface area contributed by atoms with Crippen molar-refractivity contribution in [1.82, 2.24) is 4.90 Å². The molecule has 0 aliphatic rings. The zero-order valence-electron chi connectivity index (χ0n) is 11.7. The second-order valence-electron chi connectivity index (χ2n) is 4.29. The van der Waals surface area contributed by atoms with Gasteiger partial charge in [0.05, 0.1) is 7.11 Å². The van der Waals surface area contributed by atoms with Crippen molar-refractivity contribution >= 4 is 11.7 Å². The Morgan fingerprint density at radius 3 is 2.53 bits per heavy atom. The fourth-order valence-corrected chi connectivity index (χ4v) is 1.74. The van der Waals surface area contributed by atoms with E-state index in [4.69, 9.17) is 10.5 Å². The molecule has 0 spiro atoms. The van der Waals surface area contributed by atoms with E-state index in [1.54, 1.807) is 12.0 Å². The van der Waals surface area contributed by atoms with Gasteiger partial charge >= 0.3 is 6.03 Å². The SMILES string of the molecule is CCCN(CCCN)C(=O)Nc1ccc(OC)cc1. The van der Waals surface area contributed by atoms with Gasteiger partial charge in [0.15, 0.2) is 0 Å². The molecule has 0 fully saturated rings. The van der Waals surface area contributed by atoms with Crippen LogP contribution in [0.25, 0.3) is 0 Å². The average molecular weight is 265 g/mol. The fraction of sp³-hybridized carbons (Fsp3) is 0.500. The molecule has 5 heteroatoms. The first-order valence-electron chi connectivity index (χ1n) is 6.61. The van der Waals surface area contributed by atoms with Crippen LogP contribution in [0.4, 0.5) is 10.5 Å². The number of nitrogens with zero attached hydrogens (tertiary/aromatic N) is 1. The molecule has 0 radical (unpaired) electrons. The highest BCUT2D eigenvalue weighted by molar-refractivity contribution is 5.89. The second-order valence-corrected chi connectivity index (χ2v) is 4.29. The summed E-state index contributed by atoms with van der Waals surface area (Å²) in [5.41, 5.74) is 6.25. The summed E-state index contributed by atoms with van der Waals surface area (Å²) in [6, 6.07) is 7.20. The van der Waals surface area contributed by atoms with Crippen LogP contribution in [0.5, 0.6) is 5.75 Å². The number of anilines is 1. The predicted molar refractivity (Wildman–Crippen MR) is 77.5 cm³/mol. The van der Waals surface area contributed by atoms with Gasteiger partial charge in [-0.05, 0) is 43.7 Å². The van der Waals surface area contributed by atoms with Crippen LogP contribution < -0.4 is 15.8 Å². The van der Waals surface area contributed by atoms with E-state index in [0.29, 0.717) is 13.1 Å². The van der Waals surface area contributed by atoms with Gasteiger partial charge in [-0.2, -0.15) is 0 Å². The Morgan fingerprint density at radius 2 is 2.00 bits per heavy atom. The van der Waals surface area contributed by atoms with E-state index in [2.05, 4.69) is 12.2 Å². The number of methoxy groups -OCH3 is 1. The topological polar surface area (TPSA) is 67.6 Å². The minimum absolute atomic E-state index is 0.0829. The number of benzene rings is 1. The zero-order chi connectivity index (χ0) is 14.1. The lowest BCUT2D eigenvalue weighted by atomic mass is 10.3. The lowest BCUT2D eigenvalue weighted by Gasteiger charge is -2.22. The molecule has 0 atom stereocenters. The van der Waals surface area contributed by atoms with Crippen LogP contribution in [0.2, 0.25) is 0 Å². The van der Waals surface area contributed by atoms with Crippen LogP contribution in [-0.2, 0) is 0 Å². The van der Waals surface area contributed by atoms with Crippen molar-refractivity contribution in [3.8, 4) is 5.75 Å². The maximum absolute atomic E-state index is 12.1. The van der Waals surface area contributed by atoms with E-state index in [0.717, 1.165) is 30.8 Å². The number of carbonyl (C=O) groups is 1. The van der Waals surface area contributed by atoms with Crippen LogP contribution >= 0.6 is 0 Å². The fourth-order valence-electron chi connectivity index (χ4n) is 1.74. The normalized spacial score (nSPS) is 10.1. The summed E-state index contributed by atoms with van der Waals surface area (Å²) in [6.45, 7) is 4.07. The van der Waals surface area contributed by atoms with Crippen LogP contribution in [-0.4, -0.2) is 37.7 Å². The Hall–Kier alpha value is -1.75. The predicted octanol–water partition coefficient (Wildman–Crippen LogP) is 2.29. The quantitative estimate of drug-likeness (QED) is 0.794. The highest BCUT2D eigenvalue weighted by Gasteiger charge is 2.11. The standard InChI is InChI=1S/C14H23N3O2/c1-3-10-17(11-4-9-15)14(18)16-12-5-7-13(19-2)8-6-12/h5-8H,3-4,9-11,15H2,1-2H3,(H,16,18). The smallest absolute Gasteiger partial charge is 0.321 e. The van der Waals surface area contributed by atoms with Gasteiger partial charge in [-0.15, -0.1) is 0 Å². The molecule has 5 nitrogen and oxygen atoms in total. The molecule has 0 bridgehead atoms. The lowest BCUT2D eigenvalue weighted by molar-refractivity contribution is 0.211. The molecule has 0 aliphatic heterocycles. The Morgan fingerprint density at radius 1 is 1.32 bits per heavy atom. The molecule has 19 heavy (non-hydrogen) atoms. The number of amides is 2. The molecule has 0 heterocycles. The van der Waals surface area contributed by atoms with Gasteiger partial charge in [-0.1, -0.05) is 6.92 Å². The molecule has 0 saturated carbocycles. The third-order valence-electron chi connectivity index (χ3n) is 2.75. The van der Waals surface area contributed by atoms with Crippen LogP contribution in [0.15, 0.2) is 24.3 Å². The molecule has 0 saturated heterocycles. The van der Waals surface area contributed by atoms with Gasteiger partial charge < -0.3 is 20.7 Å². The summed E-state index contributed by atoms with van der Waals surface area (Å²) >= 11 is 0. The van der Waals surface area contributed by atoms with E-state index in [9.17, 15) is 4.79 Å². The van der Waals surface area contributed by atoms with Crippen molar-refractivity contribution in [2.75, 3.05) is 32.1 Å². The van der Waals surface area contributed by atoms with Crippen LogP contribution in [0.1, 0.15) is 19.8 Å². The Kier molecular flexibility index (Phi) is 6.74. The first-order chi connectivity index (χ1) is 9.21. The Bertz CT molecular complexity index is 379. The second kappa shape index (κ2) is 8.37. The molecule has 2 amide bonds. The van der Waals surface area contributed by atoms with Crippen molar-refractivity contribution in [3.05, 3.63) is 24.3 Å². The van der Waals surface area contributed by atoms with Gasteiger partial charge in [0, 0.05) is 18.8 Å². The van der Waals surface area contributed by atoms with Crippen molar-refractivity contribution in [2.24, 2.45) is 5.73 Å². The van der Waals surface area contributed by atoms with Crippen molar-refractivity contribution in [3.63, 3.8) is 0 Å². The number of nitrogens with one attached hydrogen (secondary N) is 1. The van der Waals surface area contributed by atoms with E-state index in [1.807, 2.05) is 24.3 Å². The molecule has 3 N–H and O–H groups in total. The van der Waals surface area contributed by atoms with E-state index in [1.165, 1.54) is 0 Å². The molecule has 1 aromatic carbocycles. The van der Waals surface area contributed by atoms with E-state index >= 15 is 0 Å². The van der Waals surface area contributed by atoms with E-state index < -0.39 is 0 Å². The number of carbonyl (C=O) groups excluding carboxylic acids is 1. The summed E-state index contributed by atoms with van der Waals surface area (Å²) in [5.74, 6) is 0.770. The largest absolute Gasteiger partial charge is 0.497 e. The summed E-state index contributed by atoms with van der Waals surface area (Å²) in [5, 5.41) is 2.88. The number of rotatable bonds is 7. The summed E-state index contributed by atoms with van der Waals surface area (Å²) < 4.78 is 5.08. The molecular weight excluding hydrogens is 242 g/mol. The summed E-state index contributed by atoms with van der Waals surface area (Å²) in [6.07, 6.45) is 1.75. The van der Waals surface area contributed by atoms with Gasteiger partial charge in [-0.25, -0.2) is 4.79 Å². The van der Waals surface area contributed by atoms with Crippen molar-refractivity contribution in [2.45, 2.75) is 19.8 Å². The zero-order valence-corrected chi connectivity index (χ0v) is 11.7. The molecule has 106 valence electrons. The van der Waals surface area contributed by atoms with Crippen molar-refractivity contribution in [1.29, 1.82) is 0 Å². The van der Waals surface area contributed by atoms with E-state index in [-0.39, 0.29) is 6.03 Å². The first-order valence-corrected chi connectivity index (χ1v) is 6.61. The third-order valence-corrected chi connectivity index (χ3v) is 2.75. The average Bonchev–Trinajstić information content (AvgIpc) is 2.44. The minimum Gasteiger partial charge on any atom is -0.497 e.